The van der Waals surface area contributed by atoms with Gasteiger partial charge in [-0.05, 0) is 35.5 Å². The number of carbonyl (C=O) groups excluding carboxylic acids is 3. The fourth-order valence-corrected chi connectivity index (χ4v) is 3.81. The van der Waals surface area contributed by atoms with Gasteiger partial charge in [0.15, 0.2) is 0 Å². The van der Waals surface area contributed by atoms with Crippen LogP contribution in [0, 0.1) is 35.5 Å². The van der Waals surface area contributed by atoms with Crippen LogP contribution in [-0.4, -0.2) is 37.9 Å². The summed E-state index contributed by atoms with van der Waals surface area (Å²) in [5.41, 5.74) is 0. The molecular formula is C15H21N3O3. The molecule has 0 N–H and O–H groups in total. The predicted octanol–water partition coefficient (Wildman–Crippen LogP) is 1.76. The Morgan fingerprint density at radius 1 is 0.619 bits per heavy atom. The van der Waals surface area contributed by atoms with Gasteiger partial charge in [0.05, 0.1) is 19.6 Å². The van der Waals surface area contributed by atoms with Crippen LogP contribution in [0.4, 0.5) is 0 Å². The Morgan fingerprint density at radius 3 is 1.05 bits per heavy atom. The third kappa shape index (κ3) is 4.05. The topological polar surface area (TPSA) is 88.3 Å². The molecule has 0 heterocycles. The van der Waals surface area contributed by atoms with Gasteiger partial charge in [0.1, 0.15) is 0 Å². The highest BCUT2D eigenvalue weighted by molar-refractivity contribution is 5.33. The molecule has 1 aliphatic carbocycles. The molecule has 0 aromatic carbocycles. The maximum atomic E-state index is 10.4. The van der Waals surface area contributed by atoms with Crippen molar-refractivity contribution in [2.24, 2.45) is 50.5 Å². The highest BCUT2D eigenvalue weighted by atomic mass is 16.1. The summed E-state index contributed by atoms with van der Waals surface area (Å²) in [5.74, 6) is 1.34. The van der Waals surface area contributed by atoms with Crippen LogP contribution in [0.5, 0.6) is 0 Å². The number of hydrogen-bond acceptors (Lipinski definition) is 6. The van der Waals surface area contributed by atoms with Crippen molar-refractivity contribution in [2.75, 3.05) is 19.6 Å². The Labute approximate surface area is 124 Å². The summed E-state index contributed by atoms with van der Waals surface area (Å²) in [5, 5.41) is 0. The minimum atomic E-state index is 0.182. The van der Waals surface area contributed by atoms with Crippen LogP contribution >= 0.6 is 0 Å². The summed E-state index contributed by atoms with van der Waals surface area (Å²) in [7, 11) is 0. The minimum Gasteiger partial charge on any atom is -0.211 e. The van der Waals surface area contributed by atoms with Crippen LogP contribution in [0.1, 0.15) is 20.8 Å². The largest absolute Gasteiger partial charge is 0.234 e. The monoisotopic (exact) mass is 291 g/mol. The Morgan fingerprint density at radius 2 is 0.857 bits per heavy atom. The molecule has 0 bridgehead atoms. The first-order valence-corrected chi connectivity index (χ1v) is 7.19. The van der Waals surface area contributed by atoms with E-state index in [1.54, 1.807) is 18.2 Å². The Kier molecular flexibility index (Phi) is 6.90. The van der Waals surface area contributed by atoms with Crippen LogP contribution < -0.4 is 0 Å². The third-order valence-corrected chi connectivity index (χ3v) is 5.15. The van der Waals surface area contributed by atoms with E-state index in [1.807, 2.05) is 0 Å². The van der Waals surface area contributed by atoms with Crippen LogP contribution in [0.25, 0.3) is 0 Å². The third-order valence-electron chi connectivity index (χ3n) is 5.15. The highest BCUT2D eigenvalue weighted by Crippen LogP contribution is 2.46. The molecule has 1 fully saturated rings. The SMILES string of the molecule is CC1C(CN=C=O)C(C)C(CN=C=O)C(C)C1CN=C=O. The molecule has 6 heteroatoms. The van der Waals surface area contributed by atoms with Gasteiger partial charge in [0.25, 0.3) is 0 Å². The van der Waals surface area contributed by atoms with Gasteiger partial charge in [-0.2, -0.15) is 0 Å². The zero-order valence-corrected chi connectivity index (χ0v) is 12.7. The van der Waals surface area contributed by atoms with E-state index in [0.29, 0.717) is 19.6 Å². The van der Waals surface area contributed by atoms with Gasteiger partial charge < -0.3 is 0 Å². The molecule has 114 valence electrons. The van der Waals surface area contributed by atoms with E-state index in [9.17, 15) is 14.4 Å². The first-order chi connectivity index (χ1) is 10.1. The maximum absolute atomic E-state index is 10.4. The quantitative estimate of drug-likeness (QED) is 0.551. The highest BCUT2D eigenvalue weighted by Gasteiger charge is 2.44. The van der Waals surface area contributed by atoms with E-state index in [1.165, 1.54) is 0 Å². The maximum Gasteiger partial charge on any atom is 0.234 e. The standard InChI is InChI=1S/C15H21N3O3/c1-10-13(4-16-7-19)11(2)15(6-18-9-21)12(3)14(10)5-17-8-20/h10-15H,4-6H2,1-3H3. The van der Waals surface area contributed by atoms with E-state index in [-0.39, 0.29) is 35.5 Å². The normalized spacial score (nSPS) is 35.0. The first kappa shape index (κ1) is 17.2. The molecule has 1 saturated carbocycles. The van der Waals surface area contributed by atoms with Crippen molar-refractivity contribution in [1.29, 1.82) is 0 Å². The van der Waals surface area contributed by atoms with E-state index in [2.05, 4.69) is 35.7 Å². The Balaban J connectivity index is 3.05. The average Bonchev–Trinajstić information content (AvgIpc) is 2.47. The second kappa shape index (κ2) is 8.43. The Bertz CT molecular complexity index is 405. The van der Waals surface area contributed by atoms with Crippen molar-refractivity contribution >= 4 is 18.2 Å². The number of isocyanates is 3. The van der Waals surface area contributed by atoms with Gasteiger partial charge in [0, 0.05) is 0 Å². The second-order valence-corrected chi connectivity index (χ2v) is 5.86. The molecule has 1 aliphatic rings. The van der Waals surface area contributed by atoms with Gasteiger partial charge in [-0.15, -0.1) is 0 Å². The lowest BCUT2D eigenvalue weighted by Gasteiger charge is -2.47. The molecule has 0 aromatic heterocycles. The van der Waals surface area contributed by atoms with Crippen LogP contribution in [0.2, 0.25) is 0 Å². The molecule has 0 amide bonds. The molecule has 0 aliphatic heterocycles. The summed E-state index contributed by atoms with van der Waals surface area (Å²) in [6.45, 7) is 7.51. The lowest BCUT2D eigenvalue weighted by atomic mass is 9.58. The Hall–Kier alpha value is -1.86. The molecular weight excluding hydrogens is 270 g/mol. The number of hydrogen-bond donors (Lipinski definition) is 0. The van der Waals surface area contributed by atoms with E-state index < -0.39 is 0 Å². The molecule has 0 atom stereocenters. The molecule has 0 radical (unpaired) electrons. The summed E-state index contributed by atoms with van der Waals surface area (Å²) >= 11 is 0. The first-order valence-electron chi connectivity index (χ1n) is 7.19. The lowest BCUT2D eigenvalue weighted by molar-refractivity contribution is 0.0163. The molecule has 6 nitrogen and oxygen atoms in total. The summed E-state index contributed by atoms with van der Waals surface area (Å²) < 4.78 is 0. The number of aliphatic imine (C=N–C) groups is 3. The predicted molar refractivity (Wildman–Crippen MR) is 76.9 cm³/mol. The second-order valence-electron chi connectivity index (χ2n) is 5.86. The molecule has 0 saturated heterocycles. The fraction of sp³-hybridized carbons (Fsp3) is 0.800. The summed E-state index contributed by atoms with van der Waals surface area (Å²) in [6, 6.07) is 0. The van der Waals surface area contributed by atoms with Gasteiger partial charge >= 0.3 is 0 Å². The average molecular weight is 291 g/mol. The summed E-state index contributed by atoms with van der Waals surface area (Å²) in [4.78, 5) is 42.4. The van der Waals surface area contributed by atoms with E-state index in [0.717, 1.165) is 0 Å². The smallest absolute Gasteiger partial charge is 0.211 e. The fourth-order valence-electron chi connectivity index (χ4n) is 3.81. The van der Waals surface area contributed by atoms with E-state index in [4.69, 9.17) is 0 Å². The van der Waals surface area contributed by atoms with Gasteiger partial charge in [-0.1, -0.05) is 20.8 Å². The van der Waals surface area contributed by atoms with Crippen molar-refractivity contribution in [2.45, 2.75) is 20.8 Å². The van der Waals surface area contributed by atoms with Crippen molar-refractivity contribution in [3.05, 3.63) is 0 Å². The zero-order chi connectivity index (χ0) is 15.8. The molecule has 0 aromatic rings. The zero-order valence-electron chi connectivity index (χ0n) is 12.7. The van der Waals surface area contributed by atoms with Crippen LogP contribution in [0.15, 0.2) is 15.0 Å². The van der Waals surface area contributed by atoms with E-state index >= 15 is 0 Å². The number of nitrogens with zero attached hydrogens (tertiary/aromatic N) is 3. The van der Waals surface area contributed by atoms with Crippen LogP contribution in [0.3, 0.4) is 0 Å². The molecule has 21 heavy (non-hydrogen) atoms. The van der Waals surface area contributed by atoms with Crippen molar-refractivity contribution in [3.63, 3.8) is 0 Å². The van der Waals surface area contributed by atoms with Gasteiger partial charge in [-0.3, -0.25) is 0 Å². The van der Waals surface area contributed by atoms with Gasteiger partial charge in [-0.25, -0.2) is 29.4 Å². The summed E-state index contributed by atoms with van der Waals surface area (Å²) in [6.07, 6.45) is 4.76. The van der Waals surface area contributed by atoms with Crippen LogP contribution in [-0.2, 0) is 14.4 Å². The minimum absolute atomic E-state index is 0.182. The van der Waals surface area contributed by atoms with Crippen molar-refractivity contribution < 1.29 is 14.4 Å². The lowest BCUT2D eigenvalue weighted by Crippen LogP contribution is -2.46. The molecule has 0 spiro atoms. The van der Waals surface area contributed by atoms with Crippen molar-refractivity contribution in [3.8, 4) is 0 Å². The van der Waals surface area contributed by atoms with Gasteiger partial charge in [0.2, 0.25) is 18.2 Å². The molecule has 0 unspecified atom stereocenters. The number of rotatable bonds is 6. The molecule has 1 rings (SSSR count). The van der Waals surface area contributed by atoms with Crippen molar-refractivity contribution in [1.82, 2.24) is 0 Å².